The SMILES string of the molecule is CCCCc1c(C)c2ccccn2c1Cc1ccc(OCCCN(CCC)CCC)cc1. The summed E-state index contributed by atoms with van der Waals surface area (Å²) in [6.45, 7) is 13.4. The van der Waals surface area contributed by atoms with Crippen LogP contribution in [0.15, 0.2) is 48.7 Å². The third-order valence-electron chi connectivity index (χ3n) is 6.38. The Balaban J connectivity index is 1.62. The standard InChI is InChI=1S/C29H42N2O/c1-5-8-12-27-24(4)28-13-9-10-21-31(28)29(27)23-25-14-16-26(17-15-25)32-22-11-20-30(18-6-2)19-7-3/h9-10,13-17,21H,5-8,11-12,18-20,22-23H2,1-4H3. The number of benzene rings is 1. The van der Waals surface area contributed by atoms with Gasteiger partial charge in [-0.05, 0) is 93.1 Å². The molecule has 3 aromatic rings. The van der Waals surface area contributed by atoms with Gasteiger partial charge in [0.2, 0.25) is 0 Å². The number of hydrogen-bond donors (Lipinski definition) is 0. The molecule has 2 aromatic heterocycles. The highest BCUT2D eigenvalue weighted by molar-refractivity contribution is 5.62. The van der Waals surface area contributed by atoms with Crippen molar-refractivity contribution in [3.05, 3.63) is 71.0 Å². The van der Waals surface area contributed by atoms with E-state index >= 15 is 0 Å². The fraction of sp³-hybridized carbons (Fsp3) is 0.517. The molecule has 3 nitrogen and oxygen atoms in total. The maximum absolute atomic E-state index is 6.04. The molecule has 32 heavy (non-hydrogen) atoms. The molecule has 3 rings (SSSR count). The number of unbranched alkanes of at least 4 members (excludes halogenated alkanes) is 1. The minimum Gasteiger partial charge on any atom is -0.494 e. The lowest BCUT2D eigenvalue weighted by Crippen LogP contribution is -2.27. The minimum atomic E-state index is 0.785. The predicted molar refractivity (Wildman–Crippen MR) is 137 cm³/mol. The van der Waals surface area contributed by atoms with Gasteiger partial charge in [-0.15, -0.1) is 0 Å². The van der Waals surface area contributed by atoms with Gasteiger partial charge in [-0.25, -0.2) is 0 Å². The Labute approximate surface area is 195 Å². The molecule has 0 aliphatic heterocycles. The largest absolute Gasteiger partial charge is 0.494 e. The van der Waals surface area contributed by atoms with Crippen LogP contribution < -0.4 is 4.74 Å². The molecule has 2 heterocycles. The zero-order chi connectivity index (χ0) is 22.8. The van der Waals surface area contributed by atoms with Crippen molar-refractivity contribution in [3.63, 3.8) is 0 Å². The van der Waals surface area contributed by atoms with Gasteiger partial charge < -0.3 is 14.0 Å². The summed E-state index contributed by atoms with van der Waals surface area (Å²) in [5.74, 6) is 0.980. The van der Waals surface area contributed by atoms with Gasteiger partial charge in [0.25, 0.3) is 0 Å². The zero-order valence-corrected chi connectivity index (χ0v) is 20.7. The van der Waals surface area contributed by atoms with Gasteiger partial charge in [0.15, 0.2) is 0 Å². The Morgan fingerprint density at radius 2 is 1.59 bits per heavy atom. The summed E-state index contributed by atoms with van der Waals surface area (Å²) in [5, 5.41) is 0. The van der Waals surface area contributed by atoms with Crippen molar-refractivity contribution in [1.29, 1.82) is 0 Å². The third kappa shape index (κ3) is 6.38. The van der Waals surface area contributed by atoms with E-state index in [1.165, 1.54) is 66.7 Å². The van der Waals surface area contributed by atoms with Gasteiger partial charge in [0.05, 0.1) is 6.61 Å². The first-order valence-electron chi connectivity index (χ1n) is 12.7. The van der Waals surface area contributed by atoms with Crippen LogP contribution in [0.4, 0.5) is 0 Å². The van der Waals surface area contributed by atoms with E-state index in [1.807, 2.05) is 0 Å². The monoisotopic (exact) mass is 434 g/mol. The van der Waals surface area contributed by atoms with Gasteiger partial charge in [0, 0.05) is 30.4 Å². The molecule has 0 aliphatic rings. The molecule has 0 fully saturated rings. The molecule has 0 saturated carbocycles. The smallest absolute Gasteiger partial charge is 0.119 e. The predicted octanol–water partition coefficient (Wildman–Crippen LogP) is 7.07. The number of ether oxygens (including phenoxy) is 1. The third-order valence-corrected chi connectivity index (χ3v) is 6.38. The van der Waals surface area contributed by atoms with E-state index in [1.54, 1.807) is 0 Å². The molecule has 0 saturated heterocycles. The second kappa shape index (κ2) is 12.7. The summed E-state index contributed by atoms with van der Waals surface area (Å²) in [5.41, 5.74) is 7.09. The second-order valence-electron chi connectivity index (χ2n) is 8.97. The summed E-state index contributed by atoms with van der Waals surface area (Å²) in [6.07, 6.45) is 10.3. The number of rotatable bonds is 14. The van der Waals surface area contributed by atoms with Gasteiger partial charge in [0.1, 0.15) is 5.75 Å². The Morgan fingerprint density at radius 3 is 2.28 bits per heavy atom. The Kier molecular flexibility index (Phi) is 9.67. The Bertz CT molecular complexity index is 936. The molecular weight excluding hydrogens is 392 g/mol. The second-order valence-corrected chi connectivity index (χ2v) is 8.97. The van der Waals surface area contributed by atoms with Crippen molar-refractivity contribution in [2.75, 3.05) is 26.2 Å². The maximum atomic E-state index is 6.04. The first kappa shape index (κ1) is 24.4. The molecule has 0 unspecified atom stereocenters. The number of aryl methyl sites for hydroxylation is 1. The lowest BCUT2D eigenvalue weighted by Gasteiger charge is -2.20. The van der Waals surface area contributed by atoms with Crippen LogP contribution in [-0.2, 0) is 12.8 Å². The molecule has 0 spiro atoms. The molecule has 0 atom stereocenters. The zero-order valence-electron chi connectivity index (χ0n) is 20.7. The van der Waals surface area contributed by atoms with Crippen molar-refractivity contribution in [1.82, 2.24) is 9.30 Å². The lowest BCUT2D eigenvalue weighted by atomic mass is 10.00. The van der Waals surface area contributed by atoms with E-state index in [2.05, 4.69) is 85.7 Å². The molecule has 3 heteroatoms. The van der Waals surface area contributed by atoms with Crippen LogP contribution in [0.3, 0.4) is 0 Å². The molecular formula is C29H42N2O. The van der Waals surface area contributed by atoms with E-state index in [0.717, 1.165) is 38.2 Å². The molecule has 0 aliphatic carbocycles. The molecule has 0 amide bonds. The van der Waals surface area contributed by atoms with Gasteiger partial charge in [-0.2, -0.15) is 0 Å². The Morgan fingerprint density at radius 1 is 0.844 bits per heavy atom. The topological polar surface area (TPSA) is 16.9 Å². The fourth-order valence-electron chi connectivity index (χ4n) is 4.72. The quantitative estimate of drug-likeness (QED) is 0.252. The van der Waals surface area contributed by atoms with E-state index < -0.39 is 0 Å². The fourth-order valence-corrected chi connectivity index (χ4v) is 4.72. The number of hydrogen-bond acceptors (Lipinski definition) is 2. The van der Waals surface area contributed by atoms with Crippen LogP contribution in [0, 0.1) is 6.92 Å². The molecule has 174 valence electrons. The van der Waals surface area contributed by atoms with Crippen LogP contribution in [0.5, 0.6) is 5.75 Å². The van der Waals surface area contributed by atoms with Crippen LogP contribution in [-0.4, -0.2) is 35.5 Å². The normalized spacial score (nSPS) is 11.5. The number of nitrogens with zero attached hydrogens (tertiary/aromatic N) is 2. The summed E-state index contributed by atoms with van der Waals surface area (Å²) in [6, 6.07) is 15.3. The minimum absolute atomic E-state index is 0.785. The molecule has 0 N–H and O–H groups in total. The summed E-state index contributed by atoms with van der Waals surface area (Å²) in [7, 11) is 0. The van der Waals surface area contributed by atoms with Crippen LogP contribution in [0.2, 0.25) is 0 Å². The van der Waals surface area contributed by atoms with E-state index in [-0.39, 0.29) is 0 Å². The average Bonchev–Trinajstić information content (AvgIpc) is 3.07. The van der Waals surface area contributed by atoms with Gasteiger partial charge in [-0.3, -0.25) is 0 Å². The van der Waals surface area contributed by atoms with Crippen LogP contribution >= 0.6 is 0 Å². The van der Waals surface area contributed by atoms with Crippen molar-refractivity contribution >= 4 is 5.52 Å². The van der Waals surface area contributed by atoms with Gasteiger partial charge >= 0.3 is 0 Å². The summed E-state index contributed by atoms with van der Waals surface area (Å²) in [4.78, 5) is 2.55. The van der Waals surface area contributed by atoms with E-state index in [4.69, 9.17) is 4.74 Å². The Hall–Kier alpha value is -2.26. The molecule has 0 bridgehead atoms. The summed E-state index contributed by atoms with van der Waals surface area (Å²) >= 11 is 0. The van der Waals surface area contributed by atoms with Crippen molar-refractivity contribution in [3.8, 4) is 5.75 Å². The van der Waals surface area contributed by atoms with Gasteiger partial charge in [-0.1, -0.05) is 45.4 Å². The highest BCUT2D eigenvalue weighted by atomic mass is 16.5. The number of aromatic nitrogens is 1. The molecule has 0 radical (unpaired) electrons. The van der Waals surface area contributed by atoms with E-state index in [0.29, 0.717) is 0 Å². The average molecular weight is 435 g/mol. The number of pyridine rings is 1. The summed E-state index contributed by atoms with van der Waals surface area (Å²) < 4.78 is 8.43. The van der Waals surface area contributed by atoms with E-state index in [9.17, 15) is 0 Å². The first-order valence-corrected chi connectivity index (χ1v) is 12.7. The van der Waals surface area contributed by atoms with Crippen molar-refractivity contribution in [2.24, 2.45) is 0 Å². The maximum Gasteiger partial charge on any atom is 0.119 e. The van der Waals surface area contributed by atoms with Crippen LogP contribution in [0.1, 0.15) is 75.3 Å². The van der Waals surface area contributed by atoms with Crippen molar-refractivity contribution < 1.29 is 4.74 Å². The lowest BCUT2D eigenvalue weighted by molar-refractivity contribution is 0.234. The number of fused-ring (bicyclic) bond motifs is 1. The first-order chi connectivity index (χ1) is 15.7. The van der Waals surface area contributed by atoms with Crippen LogP contribution in [0.25, 0.3) is 5.52 Å². The highest BCUT2D eigenvalue weighted by Gasteiger charge is 2.15. The molecule has 1 aromatic carbocycles. The van der Waals surface area contributed by atoms with Crippen molar-refractivity contribution in [2.45, 2.75) is 72.6 Å². The highest BCUT2D eigenvalue weighted by Crippen LogP contribution is 2.27.